The molecule has 0 unspecified atom stereocenters. The van der Waals surface area contributed by atoms with E-state index < -0.39 is 0 Å². The highest BCUT2D eigenvalue weighted by atomic mass is 32.1. The van der Waals surface area contributed by atoms with E-state index in [2.05, 4.69) is 5.10 Å². The maximum absolute atomic E-state index is 13.2. The van der Waals surface area contributed by atoms with Crippen molar-refractivity contribution in [2.75, 3.05) is 0 Å². The van der Waals surface area contributed by atoms with Gasteiger partial charge in [0, 0.05) is 15.6 Å². The van der Waals surface area contributed by atoms with Crippen LogP contribution in [-0.4, -0.2) is 6.21 Å². The van der Waals surface area contributed by atoms with Crippen LogP contribution < -0.4 is 5.84 Å². The molecule has 0 saturated carbocycles. The zero-order valence-electron chi connectivity index (χ0n) is 6.70. The van der Waals surface area contributed by atoms with E-state index in [4.69, 9.17) is 5.84 Å². The molecule has 1 aromatic carbocycles. The van der Waals surface area contributed by atoms with Gasteiger partial charge in [-0.05, 0) is 23.6 Å². The minimum Gasteiger partial charge on any atom is -0.323 e. The van der Waals surface area contributed by atoms with Gasteiger partial charge in [-0.1, -0.05) is 0 Å². The number of nitrogens with two attached hydrogens (primary N) is 1. The van der Waals surface area contributed by atoms with Gasteiger partial charge in [0.2, 0.25) is 0 Å². The highest BCUT2D eigenvalue weighted by molar-refractivity contribution is 7.17. The molecule has 2 aromatic rings. The molecule has 2 rings (SSSR count). The number of hydrogen-bond acceptors (Lipinski definition) is 3. The van der Waals surface area contributed by atoms with Crippen molar-refractivity contribution in [2.24, 2.45) is 10.9 Å². The number of nitrogens with zero attached hydrogens (tertiary/aromatic N) is 1. The zero-order valence-corrected chi connectivity index (χ0v) is 7.51. The third-order valence-corrected chi connectivity index (χ3v) is 2.71. The topological polar surface area (TPSA) is 38.4 Å². The summed E-state index contributed by atoms with van der Waals surface area (Å²) in [6.45, 7) is 0. The molecule has 0 amide bonds. The van der Waals surface area contributed by atoms with Crippen LogP contribution in [0.25, 0.3) is 10.1 Å². The Labute approximate surface area is 78.5 Å². The molecule has 0 fully saturated rings. The summed E-state index contributed by atoms with van der Waals surface area (Å²) in [5, 5.41) is 6.11. The first-order chi connectivity index (χ1) is 6.33. The summed E-state index contributed by atoms with van der Waals surface area (Å²) in [5.74, 6) is 4.70. The largest absolute Gasteiger partial charge is 0.323 e. The van der Waals surface area contributed by atoms with Gasteiger partial charge < -0.3 is 5.84 Å². The van der Waals surface area contributed by atoms with E-state index >= 15 is 0 Å². The minimum absolute atomic E-state index is 0.292. The van der Waals surface area contributed by atoms with E-state index in [1.165, 1.54) is 12.3 Å². The summed E-state index contributed by atoms with van der Waals surface area (Å²) in [7, 11) is 0. The summed E-state index contributed by atoms with van der Waals surface area (Å²) in [4.78, 5) is 0. The van der Waals surface area contributed by atoms with Crippen molar-refractivity contribution in [3.05, 3.63) is 35.0 Å². The lowest BCUT2D eigenvalue weighted by molar-refractivity contribution is 0.628. The van der Waals surface area contributed by atoms with Crippen LogP contribution in [0.15, 0.2) is 28.7 Å². The maximum Gasteiger partial charge on any atom is 0.132 e. The second-order valence-corrected chi connectivity index (χ2v) is 3.52. The molecule has 0 radical (unpaired) electrons. The number of rotatable bonds is 1. The third-order valence-electron chi connectivity index (χ3n) is 1.83. The smallest absolute Gasteiger partial charge is 0.132 e. The lowest BCUT2D eigenvalue weighted by atomic mass is 10.1. The number of hydrazone groups is 1. The standard InChI is InChI=1S/C9H7FN2S/c10-8-1-2-9-6(3-4-13-9)7(8)5-12-11/h1-5H,11H2. The molecule has 0 aliphatic carbocycles. The van der Waals surface area contributed by atoms with Crippen molar-refractivity contribution in [1.82, 2.24) is 0 Å². The van der Waals surface area contributed by atoms with Gasteiger partial charge in [0.05, 0.1) is 6.21 Å². The van der Waals surface area contributed by atoms with Crippen molar-refractivity contribution < 1.29 is 4.39 Å². The van der Waals surface area contributed by atoms with Crippen LogP contribution in [0.4, 0.5) is 4.39 Å². The fourth-order valence-corrected chi connectivity index (χ4v) is 2.05. The number of halogens is 1. The number of benzene rings is 1. The van der Waals surface area contributed by atoms with Gasteiger partial charge in [0.15, 0.2) is 0 Å². The van der Waals surface area contributed by atoms with Gasteiger partial charge in [0.1, 0.15) is 5.82 Å². The van der Waals surface area contributed by atoms with E-state index in [1.54, 1.807) is 17.4 Å². The van der Waals surface area contributed by atoms with Gasteiger partial charge in [-0.25, -0.2) is 4.39 Å². The summed E-state index contributed by atoms with van der Waals surface area (Å²) < 4.78 is 14.3. The van der Waals surface area contributed by atoms with Crippen LogP contribution in [-0.2, 0) is 0 Å². The number of thiophene rings is 1. The Hall–Kier alpha value is -1.42. The summed E-state index contributed by atoms with van der Waals surface area (Å²) in [5.41, 5.74) is 0.459. The van der Waals surface area contributed by atoms with Gasteiger partial charge in [0.25, 0.3) is 0 Å². The van der Waals surface area contributed by atoms with Crippen LogP contribution in [0.3, 0.4) is 0 Å². The first-order valence-corrected chi connectivity index (χ1v) is 4.60. The SMILES string of the molecule is NN=Cc1c(F)ccc2sccc12. The summed E-state index contributed by atoms with van der Waals surface area (Å²) in [6.07, 6.45) is 1.34. The lowest BCUT2D eigenvalue weighted by Crippen LogP contribution is -1.91. The summed E-state index contributed by atoms with van der Waals surface area (Å²) >= 11 is 1.57. The van der Waals surface area contributed by atoms with Crippen LogP contribution in [0.2, 0.25) is 0 Å². The molecule has 1 aromatic heterocycles. The Morgan fingerprint density at radius 1 is 1.38 bits per heavy atom. The average molecular weight is 194 g/mol. The molecular formula is C9H7FN2S. The third kappa shape index (κ3) is 1.29. The van der Waals surface area contributed by atoms with E-state index in [1.807, 2.05) is 11.4 Å². The molecule has 4 heteroatoms. The fraction of sp³-hybridized carbons (Fsp3) is 0. The van der Waals surface area contributed by atoms with Crippen LogP contribution in [0, 0.1) is 5.82 Å². The second-order valence-electron chi connectivity index (χ2n) is 2.57. The van der Waals surface area contributed by atoms with Crippen molar-refractivity contribution in [1.29, 1.82) is 0 Å². The van der Waals surface area contributed by atoms with Gasteiger partial charge in [-0.3, -0.25) is 0 Å². The zero-order chi connectivity index (χ0) is 9.26. The number of hydrogen-bond donors (Lipinski definition) is 1. The predicted octanol–water partition coefficient (Wildman–Crippen LogP) is 2.33. The molecule has 0 aliphatic rings. The molecule has 0 aliphatic heterocycles. The molecular weight excluding hydrogens is 187 g/mol. The van der Waals surface area contributed by atoms with E-state index in [9.17, 15) is 4.39 Å². The van der Waals surface area contributed by atoms with Gasteiger partial charge >= 0.3 is 0 Å². The molecule has 0 saturated heterocycles. The Bertz CT molecular complexity index is 462. The van der Waals surface area contributed by atoms with Crippen LogP contribution >= 0.6 is 11.3 Å². The van der Waals surface area contributed by atoms with E-state index in [0.717, 1.165) is 10.1 Å². The Balaban J connectivity index is 2.80. The lowest BCUT2D eigenvalue weighted by Gasteiger charge is -1.97. The molecule has 13 heavy (non-hydrogen) atoms. The molecule has 2 N–H and O–H groups in total. The minimum atomic E-state index is -0.292. The molecule has 66 valence electrons. The predicted molar refractivity (Wildman–Crippen MR) is 53.6 cm³/mol. The Morgan fingerprint density at radius 2 is 2.23 bits per heavy atom. The number of fused-ring (bicyclic) bond motifs is 1. The highest BCUT2D eigenvalue weighted by Crippen LogP contribution is 2.24. The Morgan fingerprint density at radius 3 is 3.00 bits per heavy atom. The normalized spacial score (nSPS) is 11.5. The van der Waals surface area contributed by atoms with Crippen molar-refractivity contribution in [2.45, 2.75) is 0 Å². The van der Waals surface area contributed by atoms with Crippen LogP contribution in [0.5, 0.6) is 0 Å². The van der Waals surface area contributed by atoms with Gasteiger partial charge in [-0.15, -0.1) is 11.3 Å². The quantitative estimate of drug-likeness (QED) is 0.422. The fourth-order valence-electron chi connectivity index (χ4n) is 1.25. The van der Waals surface area contributed by atoms with E-state index in [-0.39, 0.29) is 5.82 Å². The maximum atomic E-state index is 13.2. The van der Waals surface area contributed by atoms with Crippen LogP contribution in [0.1, 0.15) is 5.56 Å². The summed E-state index contributed by atoms with van der Waals surface area (Å²) in [6, 6.07) is 5.04. The highest BCUT2D eigenvalue weighted by Gasteiger charge is 2.05. The molecule has 1 heterocycles. The first-order valence-electron chi connectivity index (χ1n) is 3.72. The molecule has 2 nitrogen and oxygen atoms in total. The molecule has 0 atom stereocenters. The monoisotopic (exact) mass is 194 g/mol. The average Bonchev–Trinajstić information content (AvgIpc) is 2.58. The van der Waals surface area contributed by atoms with Crippen molar-refractivity contribution >= 4 is 27.6 Å². The van der Waals surface area contributed by atoms with Crippen molar-refractivity contribution in [3.63, 3.8) is 0 Å². The molecule has 0 spiro atoms. The Kier molecular flexibility index (Phi) is 1.98. The van der Waals surface area contributed by atoms with Crippen molar-refractivity contribution in [3.8, 4) is 0 Å². The van der Waals surface area contributed by atoms with E-state index in [0.29, 0.717) is 5.56 Å². The second kappa shape index (κ2) is 3.14. The first kappa shape index (κ1) is 8.19. The van der Waals surface area contributed by atoms with Gasteiger partial charge in [-0.2, -0.15) is 5.10 Å². The molecule has 0 bridgehead atoms.